The number of hydrogen-bond acceptors (Lipinski definition) is 7. The van der Waals surface area contributed by atoms with Crippen LogP contribution in [0.25, 0.3) is 0 Å². The topological polar surface area (TPSA) is 113 Å². The Morgan fingerprint density at radius 2 is 1.97 bits per heavy atom. The predicted octanol–water partition coefficient (Wildman–Crippen LogP) is 2.33. The molecule has 9 heteroatoms. The van der Waals surface area contributed by atoms with Gasteiger partial charge in [0.2, 0.25) is 0 Å². The smallest absolute Gasteiger partial charge is 0.256 e. The molecular weight excluding hydrogens is 406 g/mol. The Morgan fingerprint density at radius 3 is 2.81 bits per heavy atom. The minimum atomic E-state index is -0.309. The van der Waals surface area contributed by atoms with Gasteiger partial charge in [-0.25, -0.2) is 0 Å². The van der Waals surface area contributed by atoms with Gasteiger partial charge in [-0.2, -0.15) is 5.10 Å². The van der Waals surface area contributed by atoms with Crippen molar-refractivity contribution in [3.63, 3.8) is 0 Å². The van der Waals surface area contributed by atoms with Crippen molar-refractivity contribution in [2.75, 3.05) is 36.9 Å². The molecule has 2 aliphatic rings. The molecule has 2 heterocycles. The Kier molecular flexibility index (Phi) is 6.46. The number of rotatable bonds is 5. The second-order valence-electron chi connectivity index (χ2n) is 7.80. The number of para-hydroxylation sites is 1. The van der Waals surface area contributed by atoms with E-state index in [0.717, 1.165) is 30.4 Å². The van der Waals surface area contributed by atoms with Gasteiger partial charge in [0, 0.05) is 38.1 Å². The van der Waals surface area contributed by atoms with Crippen LogP contribution in [0.5, 0.6) is 0 Å². The van der Waals surface area contributed by atoms with Crippen molar-refractivity contribution in [2.45, 2.75) is 19.6 Å². The zero-order valence-corrected chi connectivity index (χ0v) is 18.0. The number of hydrogen-bond donors (Lipinski definition) is 4. The largest absolute Gasteiger partial charge is 0.352 e. The number of nitrogens with one attached hydrogen (secondary N) is 4. The summed E-state index contributed by atoms with van der Waals surface area (Å²) in [6.07, 6.45) is 2.87. The maximum absolute atomic E-state index is 13.2. The summed E-state index contributed by atoms with van der Waals surface area (Å²) in [6.45, 7) is 4.49. The first-order valence-corrected chi connectivity index (χ1v) is 10.7. The molecule has 0 bridgehead atoms. The number of carbonyl (C=O) groups is 2. The Hall–Kier alpha value is -3.72. The molecule has 1 fully saturated rings. The standard InChI is InChI=1S/C23H27N7O2/c1-16-6-4-9-19-20(16)21(31)27-23(26-19)30-13-5-12-29(14-15-30)22(32)17-7-2-3-8-18(17)28-25-11-10-24/h2-4,6-11,23-24,26,28H,5,12-15H2,1H3,(H,27,31)/b24-10?,25-11-. The highest BCUT2D eigenvalue weighted by Crippen LogP contribution is 2.25. The molecule has 0 radical (unpaired) electrons. The van der Waals surface area contributed by atoms with Gasteiger partial charge in [-0.3, -0.25) is 19.9 Å². The summed E-state index contributed by atoms with van der Waals surface area (Å²) in [6, 6.07) is 13.0. The second-order valence-corrected chi connectivity index (χ2v) is 7.80. The van der Waals surface area contributed by atoms with Crippen molar-refractivity contribution < 1.29 is 9.59 Å². The van der Waals surface area contributed by atoms with Crippen LogP contribution < -0.4 is 16.1 Å². The lowest BCUT2D eigenvalue weighted by atomic mass is 10.0. The van der Waals surface area contributed by atoms with Crippen molar-refractivity contribution in [3.05, 3.63) is 59.2 Å². The van der Waals surface area contributed by atoms with E-state index in [2.05, 4.69) is 26.1 Å². The van der Waals surface area contributed by atoms with Crippen LogP contribution in [0.3, 0.4) is 0 Å². The molecule has 0 spiro atoms. The monoisotopic (exact) mass is 433 g/mol. The van der Waals surface area contributed by atoms with E-state index in [1.807, 2.05) is 42.2 Å². The lowest BCUT2D eigenvalue weighted by Gasteiger charge is -2.36. The molecule has 0 saturated carbocycles. The SMILES string of the molecule is Cc1cccc2c1C(=O)NC(N1CCCN(C(=O)c3ccccc3N/N=C\C=N)CC1)N2. The predicted molar refractivity (Wildman–Crippen MR) is 125 cm³/mol. The molecule has 9 nitrogen and oxygen atoms in total. The van der Waals surface area contributed by atoms with E-state index < -0.39 is 0 Å². The fourth-order valence-corrected chi connectivity index (χ4v) is 4.13. The molecule has 2 aliphatic heterocycles. The van der Waals surface area contributed by atoms with Crippen LogP contribution in [0, 0.1) is 12.3 Å². The van der Waals surface area contributed by atoms with Crippen molar-refractivity contribution in [3.8, 4) is 0 Å². The first-order valence-electron chi connectivity index (χ1n) is 10.7. The van der Waals surface area contributed by atoms with Crippen LogP contribution in [-0.2, 0) is 0 Å². The third-order valence-electron chi connectivity index (χ3n) is 5.73. The van der Waals surface area contributed by atoms with Crippen LogP contribution >= 0.6 is 0 Å². The Bertz CT molecular complexity index is 1050. The van der Waals surface area contributed by atoms with E-state index >= 15 is 0 Å². The lowest BCUT2D eigenvalue weighted by molar-refractivity contribution is 0.0748. The normalized spacial score (nSPS) is 19.0. The number of anilines is 2. The third kappa shape index (κ3) is 4.47. The Labute approximate surface area is 187 Å². The molecular formula is C23H27N7O2. The quantitative estimate of drug-likeness (QED) is 0.427. The number of benzene rings is 2. The summed E-state index contributed by atoms with van der Waals surface area (Å²) in [4.78, 5) is 29.9. The number of aryl methyl sites for hydroxylation is 1. The average molecular weight is 434 g/mol. The maximum Gasteiger partial charge on any atom is 0.256 e. The Balaban J connectivity index is 1.44. The van der Waals surface area contributed by atoms with E-state index in [1.165, 1.54) is 6.21 Å². The average Bonchev–Trinajstić information content (AvgIpc) is 3.05. The number of carbonyl (C=O) groups excluding carboxylic acids is 2. The molecule has 32 heavy (non-hydrogen) atoms. The van der Waals surface area contributed by atoms with Gasteiger partial charge in [0.15, 0.2) is 6.29 Å². The molecule has 4 rings (SSSR count). The van der Waals surface area contributed by atoms with E-state index in [1.54, 1.807) is 12.1 Å². The molecule has 166 valence electrons. The molecule has 1 saturated heterocycles. The van der Waals surface area contributed by atoms with E-state index in [9.17, 15) is 9.59 Å². The molecule has 0 aliphatic carbocycles. The number of nitrogens with zero attached hydrogens (tertiary/aromatic N) is 3. The van der Waals surface area contributed by atoms with Crippen LogP contribution in [-0.4, -0.2) is 66.5 Å². The first kappa shape index (κ1) is 21.5. The highest BCUT2D eigenvalue weighted by atomic mass is 16.2. The minimum Gasteiger partial charge on any atom is -0.352 e. The summed E-state index contributed by atoms with van der Waals surface area (Å²) in [7, 11) is 0. The van der Waals surface area contributed by atoms with Crippen LogP contribution in [0.4, 0.5) is 11.4 Å². The second kappa shape index (κ2) is 9.61. The van der Waals surface area contributed by atoms with Crippen molar-refractivity contribution in [1.82, 2.24) is 15.1 Å². The summed E-state index contributed by atoms with van der Waals surface area (Å²) in [5, 5.41) is 17.4. The van der Waals surface area contributed by atoms with Crippen LogP contribution in [0.15, 0.2) is 47.6 Å². The number of amides is 2. The molecule has 0 aromatic heterocycles. The molecule has 1 unspecified atom stereocenters. The zero-order valence-electron chi connectivity index (χ0n) is 18.0. The molecule has 2 amide bonds. The first-order chi connectivity index (χ1) is 15.6. The van der Waals surface area contributed by atoms with Gasteiger partial charge in [-0.05, 0) is 37.1 Å². The summed E-state index contributed by atoms with van der Waals surface area (Å²) < 4.78 is 0. The van der Waals surface area contributed by atoms with Gasteiger partial charge in [0.1, 0.15) is 0 Å². The third-order valence-corrected chi connectivity index (χ3v) is 5.73. The number of fused-ring (bicyclic) bond motifs is 1. The summed E-state index contributed by atoms with van der Waals surface area (Å²) in [5.74, 6) is -0.147. The van der Waals surface area contributed by atoms with Gasteiger partial charge in [0.25, 0.3) is 11.8 Å². The minimum absolute atomic E-state index is 0.0680. The highest BCUT2D eigenvalue weighted by molar-refractivity contribution is 6.14. The van der Waals surface area contributed by atoms with Gasteiger partial charge in [-0.1, -0.05) is 24.3 Å². The van der Waals surface area contributed by atoms with Gasteiger partial charge < -0.3 is 20.9 Å². The van der Waals surface area contributed by atoms with E-state index in [-0.39, 0.29) is 18.1 Å². The molecule has 4 N–H and O–H groups in total. The van der Waals surface area contributed by atoms with Crippen LogP contribution in [0.2, 0.25) is 0 Å². The molecule has 2 aromatic carbocycles. The van der Waals surface area contributed by atoms with E-state index in [4.69, 9.17) is 5.41 Å². The highest BCUT2D eigenvalue weighted by Gasteiger charge is 2.31. The number of hydrazone groups is 1. The van der Waals surface area contributed by atoms with Gasteiger partial charge >= 0.3 is 0 Å². The van der Waals surface area contributed by atoms with Crippen molar-refractivity contribution >= 4 is 35.6 Å². The molecule has 2 aromatic rings. The van der Waals surface area contributed by atoms with Crippen molar-refractivity contribution in [1.29, 1.82) is 5.41 Å². The fraction of sp³-hybridized carbons (Fsp3) is 0.304. The fourth-order valence-electron chi connectivity index (χ4n) is 4.13. The summed E-state index contributed by atoms with van der Waals surface area (Å²) >= 11 is 0. The van der Waals surface area contributed by atoms with E-state index in [0.29, 0.717) is 36.4 Å². The maximum atomic E-state index is 13.2. The van der Waals surface area contributed by atoms with Gasteiger partial charge in [0.05, 0.1) is 23.0 Å². The zero-order chi connectivity index (χ0) is 22.5. The lowest BCUT2D eigenvalue weighted by Crippen LogP contribution is -2.56. The van der Waals surface area contributed by atoms with Gasteiger partial charge in [-0.15, -0.1) is 0 Å². The van der Waals surface area contributed by atoms with Crippen molar-refractivity contribution in [2.24, 2.45) is 5.10 Å². The molecule has 1 atom stereocenters. The van der Waals surface area contributed by atoms with Crippen LogP contribution in [0.1, 0.15) is 32.7 Å². The Morgan fingerprint density at radius 1 is 1.12 bits per heavy atom. The summed E-state index contributed by atoms with van der Waals surface area (Å²) in [5.41, 5.74) is 6.43.